The van der Waals surface area contributed by atoms with Crippen molar-refractivity contribution in [2.24, 2.45) is 0 Å². The molecule has 1 aromatic heterocycles. The Morgan fingerprint density at radius 2 is 2.22 bits per heavy atom. The molecule has 2 N–H and O–H groups in total. The molecule has 0 aliphatic rings. The maximum absolute atomic E-state index is 12.0. The third kappa shape index (κ3) is 2.90. The van der Waals surface area contributed by atoms with Gasteiger partial charge in [0.25, 0.3) is 0 Å². The van der Waals surface area contributed by atoms with Crippen molar-refractivity contribution < 1.29 is 9.53 Å². The molecule has 0 aliphatic heterocycles. The molecule has 0 spiro atoms. The van der Waals surface area contributed by atoms with E-state index in [2.05, 4.69) is 0 Å². The zero-order valence-electron chi connectivity index (χ0n) is 10.2. The van der Waals surface area contributed by atoms with E-state index < -0.39 is 0 Å². The van der Waals surface area contributed by atoms with Gasteiger partial charge in [-0.3, -0.25) is 4.79 Å². The third-order valence-corrected chi connectivity index (χ3v) is 3.67. The Hall–Kier alpha value is -1.81. The first-order valence-electron chi connectivity index (χ1n) is 5.70. The SMILES string of the molecule is COc1ccc(C(=O)CCc2cccs2)c(N)c1. The fraction of sp³-hybridized carbons (Fsp3) is 0.214. The minimum Gasteiger partial charge on any atom is -0.497 e. The Labute approximate surface area is 110 Å². The summed E-state index contributed by atoms with van der Waals surface area (Å²) < 4.78 is 5.06. The topological polar surface area (TPSA) is 52.3 Å². The summed E-state index contributed by atoms with van der Waals surface area (Å²) in [5.41, 5.74) is 6.90. The number of ether oxygens (including phenoxy) is 1. The standard InChI is InChI=1S/C14H15NO2S/c1-17-10-4-6-12(13(15)9-10)14(16)7-5-11-3-2-8-18-11/h2-4,6,8-9H,5,7,15H2,1H3. The number of anilines is 1. The first-order valence-corrected chi connectivity index (χ1v) is 6.58. The van der Waals surface area contributed by atoms with Gasteiger partial charge in [-0.25, -0.2) is 0 Å². The van der Waals surface area contributed by atoms with Crippen LogP contribution in [0.3, 0.4) is 0 Å². The van der Waals surface area contributed by atoms with E-state index in [-0.39, 0.29) is 5.78 Å². The minimum atomic E-state index is 0.0727. The van der Waals surface area contributed by atoms with Crippen molar-refractivity contribution in [2.45, 2.75) is 12.8 Å². The summed E-state index contributed by atoms with van der Waals surface area (Å²) >= 11 is 1.67. The lowest BCUT2D eigenvalue weighted by molar-refractivity contribution is 0.0984. The van der Waals surface area contributed by atoms with Crippen LogP contribution < -0.4 is 10.5 Å². The quantitative estimate of drug-likeness (QED) is 0.664. The van der Waals surface area contributed by atoms with Gasteiger partial charge in [0, 0.05) is 28.6 Å². The van der Waals surface area contributed by atoms with E-state index in [1.54, 1.807) is 36.6 Å². The summed E-state index contributed by atoms with van der Waals surface area (Å²) in [5, 5.41) is 2.02. The number of carbonyl (C=O) groups is 1. The van der Waals surface area contributed by atoms with Gasteiger partial charge >= 0.3 is 0 Å². The molecule has 4 heteroatoms. The van der Waals surface area contributed by atoms with E-state index in [9.17, 15) is 4.79 Å². The van der Waals surface area contributed by atoms with Gasteiger partial charge in [-0.2, -0.15) is 0 Å². The summed E-state index contributed by atoms with van der Waals surface area (Å²) in [6.45, 7) is 0. The van der Waals surface area contributed by atoms with Crippen molar-refractivity contribution in [2.75, 3.05) is 12.8 Å². The van der Waals surface area contributed by atoms with Crippen LogP contribution in [-0.2, 0) is 6.42 Å². The lowest BCUT2D eigenvalue weighted by Crippen LogP contribution is -2.05. The van der Waals surface area contributed by atoms with Crippen LogP contribution in [0, 0.1) is 0 Å². The van der Waals surface area contributed by atoms with Crippen LogP contribution in [0.15, 0.2) is 35.7 Å². The number of nitrogens with two attached hydrogens (primary N) is 1. The molecule has 2 rings (SSSR count). The first-order chi connectivity index (χ1) is 8.70. The molecule has 0 fully saturated rings. The smallest absolute Gasteiger partial charge is 0.165 e. The number of rotatable bonds is 5. The minimum absolute atomic E-state index is 0.0727. The number of benzene rings is 1. The number of methoxy groups -OCH3 is 1. The van der Waals surface area contributed by atoms with Crippen LogP contribution in [0.5, 0.6) is 5.75 Å². The maximum Gasteiger partial charge on any atom is 0.165 e. The average Bonchev–Trinajstić information content (AvgIpc) is 2.88. The van der Waals surface area contributed by atoms with Gasteiger partial charge in [0.15, 0.2) is 5.78 Å². The second-order valence-corrected chi connectivity index (χ2v) is 4.99. The predicted octanol–water partition coefficient (Wildman–Crippen LogP) is 3.15. The molecule has 2 aromatic rings. The summed E-state index contributed by atoms with van der Waals surface area (Å²) in [6, 6.07) is 9.19. The Morgan fingerprint density at radius 3 is 2.83 bits per heavy atom. The number of ketones is 1. The van der Waals surface area contributed by atoms with Crippen LogP contribution in [0.4, 0.5) is 5.69 Å². The number of hydrogen-bond acceptors (Lipinski definition) is 4. The van der Waals surface area contributed by atoms with Gasteiger partial charge in [0.1, 0.15) is 5.75 Å². The highest BCUT2D eigenvalue weighted by Crippen LogP contribution is 2.22. The Balaban J connectivity index is 2.04. The Bertz CT molecular complexity index is 535. The molecule has 0 saturated carbocycles. The van der Waals surface area contributed by atoms with Crippen molar-refractivity contribution in [1.29, 1.82) is 0 Å². The number of hydrogen-bond donors (Lipinski definition) is 1. The molecule has 1 heterocycles. The van der Waals surface area contributed by atoms with E-state index in [0.29, 0.717) is 23.4 Å². The molecule has 94 valence electrons. The lowest BCUT2D eigenvalue weighted by atomic mass is 10.0. The third-order valence-electron chi connectivity index (χ3n) is 2.74. The second-order valence-electron chi connectivity index (χ2n) is 3.96. The highest BCUT2D eigenvalue weighted by Gasteiger charge is 2.10. The molecule has 0 atom stereocenters. The fourth-order valence-corrected chi connectivity index (χ4v) is 2.46. The molecule has 3 nitrogen and oxygen atoms in total. The molecule has 0 amide bonds. The lowest BCUT2D eigenvalue weighted by Gasteiger charge is -2.06. The molecular formula is C14H15NO2S. The Morgan fingerprint density at radius 1 is 1.39 bits per heavy atom. The molecule has 0 saturated heterocycles. The van der Waals surface area contributed by atoms with Gasteiger partial charge in [-0.15, -0.1) is 11.3 Å². The van der Waals surface area contributed by atoms with Gasteiger partial charge in [0.2, 0.25) is 0 Å². The van der Waals surface area contributed by atoms with E-state index >= 15 is 0 Å². The van der Waals surface area contributed by atoms with Crippen LogP contribution in [0.2, 0.25) is 0 Å². The molecule has 0 unspecified atom stereocenters. The van der Waals surface area contributed by atoms with E-state index in [0.717, 1.165) is 6.42 Å². The number of aryl methyl sites for hydroxylation is 1. The van der Waals surface area contributed by atoms with Crippen LogP contribution >= 0.6 is 11.3 Å². The van der Waals surface area contributed by atoms with Crippen LogP contribution in [-0.4, -0.2) is 12.9 Å². The number of Topliss-reactive ketones (excluding diaryl/α,β-unsaturated/α-hetero) is 1. The summed E-state index contributed by atoms with van der Waals surface area (Å²) in [5.74, 6) is 0.742. The number of nitrogen functional groups attached to an aromatic ring is 1. The van der Waals surface area contributed by atoms with Crippen LogP contribution in [0.25, 0.3) is 0 Å². The normalized spacial score (nSPS) is 10.3. The van der Waals surface area contributed by atoms with E-state index in [4.69, 9.17) is 10.5 Å². The maximum atomic E-state index is 12.0. The van der Waals surface area contributed by atoms with Crippen molar-refractivity contribution in [1.82, 2.24) is 0 Å². The van der Waals surface area contributed by atoms with Crippen molar-refractivity contribution in [3.8, 4) is 5.75 Å². The molecule has 0 radical (unpaired) electrons. The summed E-state index contributed by atoms with van der Waals surface area (Å²) in [7, 11) is 1.58. The monoisotopic (exact) mass is 261 g/mol. The molecule has 1 aromatic carbocycles. The molecule has 0 bridgehead atoms. The highest BCUT2D eigenvalue weighted by atomic mass is 32.1. The molecular weight excluding hydrogens is 246 g/mol. The van der Waals surface area contributed by atoms with Gasteiger partial charge in [-0.05, 0) is 30.0 Å². The second kappa shape index (κ2) is 5.69. The first kappa shape index (κ1) is 12.6. The Kier molecular flexibility index (Phi) is 3.99. The average molecular weight is 261 g/mol. The zero-order valence-corrected chi connectivity index (χ0v) is 11.0. The number of thiophene rings is 1. The van der Waals surface area contributed by atoms with E-state index in [1.165, 1.54) is 4.88 Å². The fourth-order valence-electron chi connectivity index (χ4n) is 1.75. The molecule has 18 heavy (non-hydrogen) atoms. The highest BCUT2D eigenvalue weighted by molar-refractivity contribution is 7.09. The predicted molar refractivity (Wildman–Crippen MR) is 74.4 cm³/mol. The van der Waals surface area contributed by atoms with Gasteiger partial charge in [-0.1, -0.05) is 6.07 Å². The summed E-state index contributed by atoms with van der Waals surface area (Å²) in [6.07, 6.45) is 1.25. The van der Waals surface area contributed by atoms with Crippen molar-refractivity contribution >= 4 is 22.8 Å². The summed E-state index contributed by atoms with van der Waals surface area (Å²) in [4.78, 5) is 13.3. The van der Waals surface area contributed by atoms with Crippen molar-refractivity contribution in [3.05, 3.63) is 46.2 Å². The number of carbonyl (C=O) groups excluding carboxylic acids is 1. The molecule has 0 aliphatic carbocycles. The van der Waals surface area contributed by atoms with Gasteiger partial charge in [0.05, 0.1) is 7.11 Å². The largest absolute Gasteiger partial charge is 0.497 e. The van der Waals surface area contributed by atoms with Crippen molar-refractivity contribution in [3.63, 3.8) is 0 Å². The van der Waals surface area contributed by atoms with Crippen LogP contribution in [0.1, 0.15) is 21.7 Å². The van der Waals surface area contributed by atoms with E-state index in [1.807, 2.05) is 17.5 Å². The zero-order chi connectivity index (χ0) is 13.0. The van der Waals surface area contributed by atoms with Gasteiger partial charge < -0.3 is 10.5 Å².